The molecule has 0 spiro atoms. The molecule has 8 nitrogen and oxygen atoms in total. The van der Waals surface area contributed by atoms with Crippen LogP contribution in [0.4, 0.5) is 14.7 Å². The maximum absolute atomic E-state index is 14.4. The summed E-state index contributed by atoms with van der Waals surface area (Å²) in [5.41, 5.74) is -1.57. The van der Waals surface area contributed by atoms with Gasteiger partial charge in [-0.25, -0.2) is 26.5 Å². The van der Waals surface area contributed by atoms with Gasteiger partial charge in [0.25, 0.3) is 5.56 Å². The summed E-state index contributed by atoms with van der Waals surface area (Å²) >= 11 is 0. The van der Waals surface area contributed by atoms with Crippen LogP contribution in [0.15, 0.2) is 17.1 Å². The highest BCUT2D eigenvalue weighted by Crippen LogP contribution is 2.51. The maximum atomic E-state index is 14.4. The van der Waals surface area contributed by atoms with E-state index in [0.29, 0.717) is 24.1 Å². The number of piperidine rings is 1. The van der Waals surface area contributed by atoms with Gasteiger partial charge in [-0.3, -0.25) is 9.36 Å². The lowest BCUT2D eigenvalue weighted by Crippen LogP contribution is -2.69. The second kappa shape index (κ2) is 8.89. The van der Waals surface area contributed by atoms with Gasteiger partial charge >= 0.3 is 0 Å². The van der Waals surface area contributed by atoms with Crippen LogP contribution in [0.3, 0.4) is 0 Å². The first-order valence-corrected chi connectivity index (χ1v) is 14.7. The number of nitrogens with zero attached hydrogens (tertiary/aromatic N) is 4. The van der Waals surface area contributed by atoms with E-state index in [1.807, 2.05) is 46.2 Å². The molecule has 17 heteroatoms. The molecule has 1 saturated heterocycles. The van der Waals surface area contributed by atoms with Crippen molar-refractivity contribution in [1.82, 2.24) is 18.8 Å². The summed E-state index contributed by atoms with van der Waals surface area (Å²) < 4.78 is 56.6. The van der Waals surface area contributed by atoms with E-state index < -0.39 is 42.8 Å². The Morgan fingerprint density at radius 1 is 1.14 bits per heavy atom. The Hall–Kier alpha value is -1.75. The largest absolute Gasteiger partial charge is 0.358 e. The van der Waals surface area contributed by atoms with Crippen molar-refractivity contribution in [2.24, 2.45) is 5.92 Å². The van der Waals surface area contributed by atoms with Gasteiger partial charge in [0.1, 0.15) is 44.9 Å². The smallest absolute Gasteiger partial charge is 0.260 e. The average Bonchev–Trinajstić information content (AvgIpc) is 3.15. The minimum atomic E-state index is -3.39. The van der Waals surface area contributed by atoms with Gasteiger partial charge in [-0.05, 0) is 30.3 Å². The van der Waals surface area contributed by atoms with Gasteiger partial charge in [0, 0.05) is 30.7 Å². The van der Waals surface area contributed by atoms with E-state index in [1.54, 1.807) is 0 Å². The first kappa shape index (κ1) is 28.3. The van der Waals surface area contributed by atoms with Gasteiger partial charge in [-0.2, -0.15) is 4.98 Å². The molecule has 37 heavy (non-hydrogen) atoms. The van der Waals surface area contributed by atoms with Gasteiger partial charge in [0.15, 0.2) is 7.85 Å². The minimum Gasteiger partial charge on any atom is -0.358 e. The third-order valence-corrected chi connectivity index (χ3v) is 10.3. The molecule has 4 rings (SSSR count). The van der Waals surface area contributed by atoms with E-state index in [2.05, 4.69) is 10.3 Å². The number of rotatable bonds is 5. The zero-order chi connectivity index (χ0) is 27.8. The summed E-state index contributed by atoms with van der Waals surface area (Å²) in [5, 5.41) is 2.83. The molecule has 0 amide bonds. The van der Waals surface area contributed by atoms with Crippen molar-refractivity contribution in [1.29, 1.82) is 0 Å². The first-order chi connectivity index (χ1) is 16.8. The zero-order valence-corrected chi connectivity index (χ0v) is 23.8. The molecule has 2 fully saturated rings. The summed E-state index contributed by atoms with van der Waals surface area (Å²) in [6.07, 6.45) is 5.27. The fourth-order valence-corrected chi connectivity index (χ4v) is 7.39. The second-order valence-corrected chi connectivity index (χ2v) is 14.6. The standard InChI is InChI=1S/C20H33B6F2N5O3S/c1-10-4-3-5-13(10)33-14-11(6-12(15(33)34)19(25,27)28)7-29-16(30-14)31-20(26)17(21,22)8-32(37(2,35)36)9-18(20,23)24/h6-7,10,13H,3-5,8-9,21-26H2,1-2H3,(H,29,30,31)/t10-,13+/m0/s1. The number of pyridine rings is 1. The van der Waals surface area contributed by atoms with E-state index in [1.165, 1.54) is 27.4 Å². The lowest BCUT2D eigenvalue weighted by molar-refractivity contribution is 0.0917. The number of hydrogen-bond donors (Lipinski definition) is 1. The quantitative estimate of drug-likeness (QED) is 0.409. The fraction of sp³-hybridized carbons (Fsp3) is 0.650. The minimum absolute atomic E-state index is 0.156. The molecule has 2 atom stereocenters. The molecule has 194 valence electrons. The molecular weight excluding hydrogens is 493 g/mol. The molecule has 1 aliphatic heterocycles. The van der Waals surface area contributed by atoms with Crippen molar-refractivity contribution < 1.29 is 17.2 Å². The highest BCUT2D eigenvalue weighted by Gasteiger charge is 2.56. The van der Waals surface area contributed by atoms with Gasteiger partial charge in [0.2, 0.25) is 21.8 Å². The molecule has 1 saturated carbocycles. The van der Waals surface area contributed by atoms with Crippen molar-refractivity contribution in [3.8, 4) is 0 Å². The van der Waals surface area contributed by atoms with Crippen molar-refractivity contribution in [3.63, 3.8) is 0 Å². The van der Waals surface area contributed by atoms with Crippen LogP contribution in [-0.2, 0) is 15.8 Å². The van der Waals surface area contributed by atoms with Crippen LogP contribution in [0.25, 0.3) is 11.0 Å². The van der Waals surface area contributed by atoms with Gasteiger partial charge < -0.3 is 5.32 Å². The summed E-state index contributed by atoms with van der Waals surface area (Å²) in [7, 11) is 7.41. The molecular formula is C20H33B6F2N5O3S. The molecule has 0 bridgehead atoms. The van der Waals surface area contributed by atoms with E-state index in [9.17, 15) is 22.0 Å². The zero-order valence-electron chi connectivity index (χ0n) is 23.0. The SMILES string of the molecule is BC(F)(F)c1cc2cnc(NC3(B)C(B)(B)CN(S(C)(=O)=O)CC3(B)B)nc2n([C@@H]2CCC[C@@H]2C)c1=O. The lowest BCUT2D eigenvalue weighted by atomic mass is 9.25. The van der Waals surface area contributed by atoms with E-state index in [0.717, 1.165) is 27.1 Å². The molecule has 3 heterocycles. The number of alkyl halides is 2. The Morgan fingerprint density at radius 3 is 2.22 bits per heavy atom. The molecule has 1 aliphatic carbocycles. The summed E-state index contributed by atoms with van der Waals surface area (Å²) in [5.74, 6) is -2.86. The fourth-order valence-electron chi connectivity index (χ4n) is 6.28. The van der Waals surface area contributed by atoms with Crippen LogP contribution < -0.4 is 10.9 Å². The number of sulfonamides is 1. The van der Waals surface area contributed by atoms with Crippen molar-refractivity contribution in [2.75, 3.05) is 24.7 Å². The number of fused-ring (bicyclic) bond motifs is 1. The predicted molar refractivity (Wildman–Crippen MR) is 159 cm³/mol. The Bertz CT molecular complexity index is 1380. The average molecular weight is 526 g/mol. The van der Waals surface area contributed by atoms with Crippen molar-refractivity contribution in [2.45, 2.75) is 53.9 Å². The molecule has 2 aromatic heterocycles. The van der Waals surface area contributed by atoms with E-state index in [-0.39, 0.29) is 17.9 Å². The molecule has 0 radical (unpaired) electrons. The monoisotopic (exact) mass is 527 g/mol. The Labute approximate surface area is 222 Å². The Kier molecular flexibility index (Phi) is 6.79. The van der Waals surface area contributed by atoms with E-state index >= 15 is 0 Å². The second-order valence-electron chi connectivity index (χ2n) is 12.6. The Morgan fingerprint density at radius 2 is 1.73 bits per heavy atom. The van der Waals surface area contributed by atoms with Crippen LogP contribution in [0, 0.1) is 5.92 Å². The number of aromatic nitrogens is 3. The first-order valence-electron chi connectivity index (χ1n) is 12.8. The number of nitrogens with one attached hydrogen (secondary N) is 1. The van der Waals surface area contributed by atoms with Crippen LogP contribution in [-0.4, -0.2) is 99.1 Å². The van der Waals surface area contributed by atoms with E-state index in [4.69, 9.17) is 4.98 Å². The topological polar surface area (TPSA) is 97.2 Å². The number of hydrogen-bond acceptors (Lipinski definition) is 6. The number of halogens is 2. The van der Waals surface area contributed by atoms with Crippen LogP contribution in [0.2, 0.25) is 10.4 Å². The molecule has 2 aliphatic rings. The van der Waals surface area contributed by atoms with Gasteiger partial charge in [-0.1, -0.05) is 23.8 Å². The van der Waals surface area contributed by atoms with Gasteiger partial charge in [0.05, 0.1) is 11.8 Å². The highest BCUT2D eigenvalue weighted by atomic mass is 32.2. The molecule has 1 N–H and O–H groups in total. The molecule has 2 aromatic rings. The Balaban J connectivity index is 1.85. The normalized spacial score (nSPS) is 25.7. The van der Waals surface area contributed by atoms with Crippen molar-refractivity contribution >= 4 is 74.1 Å². The van der Waals surface area contributed by atoms with Crippen LogP contribution >= 0.6 is 0 Å². The van der Waals surface area contributed by atoms with Crippen LogP contribution in [0.1, 0.15) is 37.8 Å². The molecule has 0 aromatic carbocycles. The van der Waals surface area contributed by atoms with Crippen molar-refractivity contribution in [3.05, 3.63) is 28.2 Å². The number of anilines is 1. The summed E-state index contributed by atoms with van der Waals surface area (Å²) in [4.78, 5) is 22.6. The van der Waals surface area contributed by atoms with Gasteiger partial charge in [-0.15, -0.1) is 0 Å². The summed E-state index contributed by atoms with van der Waals surface area (Å²) in [6.45, 7) is 2.66. The van der Waals surface area contributed by atoms with Crippen LogP contribution in [0.5, 0.6) is 0 Å². The molecule has 0 unspecified atom stereocenters. The lowest BCUT2D eigenvalue weighted by Gasteiger charge is -2.61. The highest BCUT2D eigenvalue weighted by molar-refractivity contribution is 7.88. The maximum Gasteiger partial charge on any atom is 0.260 e. The third kappa shape index (κ3) is 4.79. The summed E-state index contributed by atoms with van der Waals surface area (Å²) in [6, 6.07) is 0.985. The third-order valence-electron chi connectivity index (χ3n) is 9.08. The predicted octanol–water partition coefficient (Wildman–Crippen LogP) is -3.38.